The van der Waals surface area contributed by atoms with Crippen molar-refractivity contribution in [3.63, 3.8) is 0 Å². The lowest BCUT2D eigenvalue weighted by molar-refractivity contribution is 0.101. The Hall–Kier alpha value is -1.96. The van der Waals surface area contributed by atoms with Crippen LogP contribution in [0.2, 0.25) is 0 Å². The van der Waals surface area contributed by atoms with Crippen LogP contribution in [0.15, 0.2) is 42.5 Å². The van der Waals surface area contributed by atoms with Crippen LogP contribution in [0, 0.1) is 5.82 Å². The molecule has 0 bridgehead atoms. The minimum atomic E-state index is -0.293. The van der Waals surface area contributed by atoms with Gasteiger partial charge in [0.1, 0.15) is 5.82 Å². The van der Waals surface area contributed by atoms with Crippen LogP contribution in [0.5, 0.6) is 0 Å². The minimum Gasteiger partial charge on any atom is -0.295 e. The summed E-state index contributed by atoms with van der Waals surface area (Å²) in [5, 5.41) is 0. The number of hydrogen-bond donors (Lipinski definition) is 0. The first-order chi connectivity index (χ1) is 9.11. The van der Waals surface area contributed by atoms with Crippen molar-refractivity contribution in [3.8, 4) is 11.1 Å². The molecule has 0 amide bonds. The molecule has 2 heteroatoms. The molecular weight excluding hydrogens is 239 g/mol. The van der Waals surface area contributed by atoms with E-state index < -0.39 is 0 Å². The van der Waals surface area contributed by atoms with Gasteiger partial charge >= 0.3 is 0 Å². The lowest BCUT2D eigenvalue weighted by Gasteiger charge is -2.07. The summed E-state index contributed by atoms with van der Waals surface area (Å²) in [6.45, 7) is 3.61. The number of halogens is 1. The van der Waals surface area contributed by atoms with Crippen LogP contribution in [0.25, 0.3) is 11.1 Å². The highest BCUT2D eigenvalue weighted by Gasteiger charge is 2.09. The molecule has 2 aromatic carbocycles. The topological polar surface area (TPSA) is 17.1 Å². The Balaban J connectivity index is 2.48. The highest BCUT2D eigenvalue weighted by molar-refractivity contribution is 5.95. The molecule has 0 saturated heterocycles. The maximum absolute atomic E-state index is 13.9. The molecule has 0 atom stereocenters. The second kappa shape index (κ2) is 5.79. The highest BCUT2D eigenvalue weighted by Crippen LogP contribution is 2.25. The standard InChI is InChI=1S/C17H17FO/c1-3-5-13-6-4-7-15(10-13)16-11-14(12(2)19)8-9-17(16)18/h4,6-11H,3,5H2,1-2H3. The Bertz CT molecular complexity index is 602. The molecule has 0 saturated carbocycles. The largest absolute Gasteiger partial charge is 0.295 e. The second-order valence-corrected chi connectivity index (χ2v) is 4.70. The molecular formula is C17H17FO. The fourth-order valence-electron chi connectivity index (χ4n) is 2.15. The molecule has 0 aliphatic heterocycles. The zero-order valence-corrected chi connectivity index (χ0v) is 11.2. The Kier molecular flexibility index (Phi) is 4.10. The van der Waals surface area contributed by atoms with E-state index in [4.69, 9.17) is 0 Å². The lowest BCUT2D eigenvalue weighted by Crippen LogP contribution is -1.95. The third kappa shape index (κ3) is 3.08. The fourth-order valence-corrected chi connectivity index (χ4v) is 2.15. The molecule has 1 nitrogen and oxygen atoms in total. The smallest absolute Gasteiger partial charge is 0.159 e. The predicted octanol–water partition coefficient (Wildman–Crippen LogP) is 4.65. The molecule has 0 N–H and O–H groups in total. The van der Waals surface area contributed by atoms with Crippen LogP contribution < -0.4 is 0 Å². The van der Waals surface area contributed by atoms with Crippen molar-refractivity contribution in [2.45, 2.75) is 26.7 Å². The number of rotatable bonds is 4. The average molecular weight is 256 g/mol. The number of carbonyl (C=O) groups excluding carboxylic acids is 1. The molecule has 0 aliphatic carbocycles. The first-order valence-corrected chi connectivity index (χ1v) is 6.51. The van der Waals surface area contributed by atoms with Crippen LogP contribution in [0.1, 0.15) is 36.2 Å². The molecule has 2 aromatic rings. The van der Waals surface area contributed by atoms with Gasteiger partial charge in [-0.15, -0.1) is 0 Å². The number of Topliss-reactive ketones (excluding diaryl/α,β-unsaturated/α-hetero) is 1. The van der Waals surface area contributed by atoms with Gasteiger partial charge < -0.3 is 0 Å². The molecule has 0 aromatic heterocycles. The molecule has 0 fully saturated rings. The average Bonchev–Trinajstić information content (AvgIpc) is 2.39. The van der Waals surface area contributed by atoms with Crippen LogP contribution in [0.4, 0.5) is 4.39 Å². The zero-order chi connectivity index (χ0) is 13.8. The summed E-state index contributed by atoms with van der Waals surface area (Å²) in [4.78, 5) is 11.4. The molecule has 0 aliphatic rings. The molecule has 19 heavy (non-hydrogen) atoms. The third-order valence-corrected chi connectivity index (χ3v) is 3.15. The first-order valence-electron chi connectivity index (χ1n) is 6.51. The van der Waals surface area contributed by atoms with Crippen molar-refractivity contribution in [2.24, 2.45) is 0 Å². The van der Waals surface area contributed by atoms with Crippen molar-refractivity contribution in [3.05, 3.63) is 59.4 Å². The van der Waals surface area contributed by atoms with Crippen molar-refractivity contribution in [2.75, 3.05) is 0 Å². The molecule has 2 rings (SSSR count). The lowest BCUT2D eigenvalue weighted by atomic mass is 9.98. The Morgan fingerprint density at radius 3 is 2.63 bits per heavy atom. The predicted molar refractivity (Wildman–Crippen MR) is 75.8 cm³/mol. The fraction of sp³-hybridized carbons (Fsp3) is 0.235. The van der Waals surface area contributed by atoms with Gasteiger partial charge in [-0.3, -0.25) is 4.79 Å². The number of benzene rings is 2. The highest BCUT2D eigenvalue weighted by atomic mass is 19.1. The molecule has 0 heterocycles. The molecule has 0 radical (unpaired) electrons. The van der Waals surface area contributed by atoms with Gasteiger partial charge in [-0.1, -0.05) is 37.6 Å². The third-order valence-electron chi connectivity index (χ3n) is 3.15. The monoisotopic (exact) mass is 256 g/mol. The summed E-state index contributed by atoms with van der Waals surface area (Å²) < 4.78 is 13.9. The second-order valence-electron chi connectivity index (χ2n) is 4.70. The Labute approximate surface area is 113 Å². The zero-order valence-electron chi connectivity index (χ0n) is 11.2. The maximum atomic E-state index is 13.9. The maximum Gasteiger partial charge on any atom is 0.159 e. The summed E-state index contributed by atoms with van der Waals surface area (Å²) >= 11 is 0. The van der Waals surface area contributed by atoms with Crippen LogP contribution >= 0.6 is 0 Å². The van der Waals surface area contributed by atoms with E-state index in [2.05, 4.69) is 6.92 Å². The SMILES string of the molecule is CCCc1cccc(-c2cc(C(C)=O)ccc2F)c1. The molecule has 98 valence electrons. The number of ketones is 1. The van der Waals surface area contributed by atoms with E-state index in [9.17, 15) is 9.18 Å². The van der Waals surface area contributed by atoms with Gasteiger partial charge in [0.2, 0.25) is 0 Å². The van der Waals surface area contributed by atoms with Crippen molar-refractivity contribution in [1.82, 2.24) is 0 Å². The van der Waals surface area contributed by atoms with E-state index in [0.717, 1.165) is 18.4 Å². The van der Waals surface area contributed by atoms with E-state index in [1.54, 1.807) is 6.07 Å². The number of carbonyl (C=O) groups is 1. The summed E-state index contributed by atoms with van der Waals surface area (Å²) in [5.74, 6) is -0.343. The van der Waals surface area contributed by atoms with Gasteiger partial charge in [0.15, 0.2) is 5.78 Å². The van der Waals surface area contributed by atoms with Crippen LogP contribution in [-0.2, 0) is 6.42 Å². The Morgan fingerprint density at radius 1 is 1.16 bits per heavy atom. The van der Waals surface area contributed by atoms with Gasteiger partial charge in [0.05, 0.1) is 0 Å². The Morgan fingerprint density at radius 2 is 1.95 bits per heavy atom. The first kappa shape index (κ1) is 13.5. The normalized spacial score (nSPS) is 10.5. The van der Waals surface area contributed by atoms with Crippen molar-refractivity contribution < 1.29 is 9.18 Å². The van der Waals surface area contributed by atoms with E-state index in [0.29, 0.717) is 11.1 Å². The van der Waals surface area contributed by atoms with Gasteiger partial charge in [-0.2, -0.15) is 0 Å². The number of aryl methyl sites for hydroxylation is 1. The van der Waals surface area contributed by atoms with Crippen molar-refractivity contribution >= 4 is 5.78 Å². The van der Waals surface area contributed by atoms with E-state index >= 15 is 0 Å². The molecule has 0 spiro atoms. The van der Waals surface area contributed by atoms with Crippen LogP contribution in [-0.4, -0.2) is 5.78 Å². The summed E-state index contributed by atoms with van der Waals surface area (Å²) in [5.41, 5.74) is 3.04. The number of hydrogen-bond acceptors (Lipinski definition) is 1. The van der Waals surface area contributed by atoms with Crippen molar-refractivity contribution in [1.29, 1.82) is 0 Å². The minimum absolute atomic E-state index is 0.0500. The van der Waals surface area contributed by atoms with Gasteiger partial charge in [0, 0.05) is 11.1 Å². The molecule has 0 unspecified atom stereocenters. The quantitative estimate of drug-likeness (QED) is 0.728. The van der Waals surface area contributed by atoms with Gasteiger partial charge in [0.25, 0.3) is 0 Å². The van der Waals surface area contributed by atoms with E-state index in [-0.39, 0.29) is 11.6 Å². The summed E-state index contributed by atoms with van der Waals surface area (Å²) in [6.07, 6.45) is 2.03. The van der Waals surface area contributed by atoms with E-state index in [1.165, 1.54) is 24.6 Å². The van der Waals surface area contributed by atoms with Gasteiger partial charge in [-0.05, 0) is 42.7 Å². The summed E-state index contributed by atoms with van der Waals surface area (Å²) in [7, 11) is 0. The van der Waals surface area contributed by atoms with Gasteiger partial charge in [-0.25, -0.2) is 4.39 Å². The summed E-state index contributed by atoms with van der Waals surface area (Å²) in [6, 6.07) is 12.4. The van der Waals surface area contributed by atoms with E-state index in [1.807, 2.05) is 24.3 Å². The van der Waals surface area contributed by atoms with Crippen LogP contribution in [0.3, 0.4) is 0 Å².